The Balaban J connectivity index is 1.30. The molecule has 8 heteroatoms. The van der Waals surface area contributed by atoms with Gasteiger partial charge in [0.2, 0.25) is 5.89 Å². The highest BCUT2D eigenvalue weighted by Gasteiger charge is 2.27. The third-order valence-electron chi connectivity index (χ3n) is 4.33. The van der Waals surface area contributed by atoms with Crippen LogP contribution in [0.1, 0.15) is 29.5 Å². The van der Waals surface area contributed by atoms with Gasteiger partial charge in [-0.1, -0.05) is 6.07 Å². The molecule has 0 unspecified atom stereocenters. The summed E-state index contributed by atoms with van der Waals surface area (Å²) in [6.07, 6.45) is 4.79. The first-order valence-corrected chi connectivity index (χ1v) is 9.08. The number of hydrogen-bond donors (Lipinski definition) is 1. The number of amides is 2. The zero-order chi connectivity index (χ0) is 17.1. The summed E-state index contributed by atoms with van der Waals surface area (Å²) in [5.41, 5.74) is 0.782. The van der Waals surface area contributed by atoms with Gasteiger partial charge in [-0.25, -0.2) is 4.79 Å². The predicted molar refractivity (Wildman–Crippen MR) is 92.1 cm³/mol. The lowest BCUT2D eigenvalue weighted by atomic mass is 9.97. The van der Waals surface area contributed by atoms with Crippen LogP contribution in [0.4, 0.5) is 4.79 Å². The molecule has 1 saturated heterocycles. The van der Waals surface area contributed by atoms with Crippen molar-refractivity contribution in [2.45, 2.75) is 25.3 Å². The smallest absolute Gasteiger partial charge is 0.317 e. The summed E-state index contributed by atoms with van der Waals surface area (Å²) in [4.78, 5) is 15.3. The summed E-state index contributed by atoms with van der Waals surface area (Å²) >= 11 is 1.64. The molecule has 1 aliphatic heterocycles. The molecule has 130 valence electrons. The number of nitrogens with zero attached hydrogens (tertiary/aromatic N) is 3. The average Bonchev–Trinajstić information content (AvgIpc) is 3.42. The summed E-state index contributed by atoms with van der Waals surface area (Å²) in [6.45, 7) is 1.95. The molecule has 0 spiro atoms. The molecule has 3 aromatic rings. The highest BCUT2D eigenvalue weighted by Crippen LogP contribution is 2.29. The molecular formula is C17H18N4O3S. The van der Waals surface area contributed by atoms with Crippen molar-refractivity contribution in [1.29, 1.82) is 0 Å². The Morgan fingerprint density at radius 2 is 2.20 bits per heavy atom. The number of aromatic nitrogens is 2. The van der Waals surface area contributed by atoms with E-state index in [2.05, 4.69) is 15.5 Å². The summed E-state index contributed by atoms with van der Waals surface area (Å²) in [5, 5.41) is 13.2. The fraction of sp³-hybridized carbons (Fsp3) is 0.353. The SMILES string of the molecule is O=C(NCc1cccs1)N1CCC(c2nnc(-c3ccoc3)o2)CC1. The van der Waals surface area contributed by atoms with E-state index < -0.39 is 0 Å². The zero-order valence-corrected chi connectivity index (χ0v) is 14.4. The second kappa shape index (κ2) is 7.10. The molecule has 1 N–H and O–H groups in total. The molecular weight excluding hydrogens is 340 g/mol. The van der Waals surface area contributed by atoms with Crippen molar-refractivity contribution in [3.63, 3.8) is 0 Å². The van der Waals surface area contributed by atoms with Crippen molar-refractivity contribution < 1.29 is 13.6 Å². The molecule has 1 aliphatic rings. The zero-order valence-electron chi connectivity index (χ0n) is 13.6. The van der Waals surface area contributed by atoms with Crippen molar-refractivity contribution in [1.82, 2.24) is 20.4 Å². The van der Waals surface area contributed by atoms with Crippen LogP contribution in [0, 0.1) is 0 Å². The number of hydrogen-bond acceptors (Lipinski definition) is 6. The van der Waals surface area contributed by atoms with E-state index in [0.29, 0.717) is 31.4 Å². The molecule has 0 aromatic carbocycles. The fourth-order valence-electron chi connectivity index (χ4n) is 2.92. The van der Waals surface area contributed by atoms with Gasteiger partial charge < -0.3 is 19.1 Å². The van der Waals surface area contributed by atoms with Gasteiger partial charge in [0.05, 0.1) is 18.4 Å². The minimum Gasteiger partial charge on any atom is -0.472 e. The molecule has 2 amide bonds. The van der Waals surface area contributed by atoms with Gasteiger partial charge in [-0.3, -0.25) is 0 Å². The quantitative estimate of drug-likeness (QED) is 0.772. The molecule has 3 aromatic heterocycles. The maximum atomic E-state index is 12.3. The maximum Gasteiger partial charge on any atom is 0.317 e. The molecule has 0 bridgehead atoms. The first-order valence-electron chi connectivity index (χ1n) is 8.21. The molecule has 25 heavy (non-hydrogen) atoms. The summed E-state index contributed by atoms with van der Waals surface area (Å²) in [5.74, 6) is 1.30. The van der Waals surface area contributed by atoms with E-state index in [9.17, 15) is 4.79 Å². The van der Waals surface area contributed by atoms with Gasteiger partial charge in [0, 0.05) is 23.9 Å². The molecule has 7 nitrogen and oxygen atoms in total. The number of furan rings is 1. The van der Waals surface area contributed by atoms with Crippen molar-refractivity contribution in [3.8, 4) is 11.5 Å². The van der Waals surface area contributed by atoms with Crippen molar-refractivity contribution in [3.05, 3.63) is 46.9 Å². The van der Waals surface area contributed by atoms with Crippen LogP contribution >= 0.6 is 11.3 Å². The highest BCUT2D eigenvalue weighted by molar-refractivity contribution is 7.09. The number of thiophene rings is 1. The van der Waals surface area contributed by atoms with E-state index in [4.69, 9.17) is 8.83 Å². The second-order valence-corrected chi connectivity index (χ2v) is 6.99. The van der Waals surface area contributed by atoms with Gasteiger partial charge in [-0.2, -0.15) is 0 Å². The Kier molecular flexibility index (Phi) is 4.51. The van der Waals surface area contributed by atoms with Gasteiger partial charge in [-0.05, 0) is 30.4 Å². The third kappa shape index (κ3) is 3.58. The van der Waals surface area contributed by atoms with Gasteiger partial charge in [-0.15, -0.1) is 21.5 Å². The fourth-order valence-corrected chi connectivity index (χ4v) is 3.56. The molecule has 4 heterocycles. The molecule has 0 radical (unpaired) electrons. The van der Waals surface area contributed by atoms with E-state index in [-0.39, 0.29) is 11.9 Å². The first-order chi connectivity index (χ1) is 12.3. The third-order valence-corrected chi connectivity index (χ3v) is 5.21. The largest absolute Gasteiger partial charge is 0.472 e. The first kappa shape index (κ1) is 15.9. The van der Waals surface area contributed by atoms with Crippen LogP contribution in [0.15, 0.2) is 44.9 Å². The summed E-state index contributed by atoms with van der Waals surface area (Å²) in [7, 11) is 0. The number of urea groups is 1. The number of nitrogens with one attached hydrogen (secondary N) is 1. The van der Waals surface area contributed by atoms with Crippen molar-refractivity contribution in [2.24, 2.45) is 0 Å². The van der Waals surface area contributed by atoms with Gasteiger partial charge in [0.1, 0.15) is 6.26 Å². The average molecular weight is 358 g/mol. The molecule has 4 rings (SSSR count). The topological polar surface area (TPSA) is 84.4 Å². The number of carbonyl (C=O) groups is 1. The minimum absolute atomic E-state index is 0.0172. The maximum absolute atomic E-state index is 12.3. The monoisotopic (exact) mass is 358 g/mol. The number of piperidine rings is 1. The molecule has 1 fully saturated rings. The Bertz CT molecular complexity index is 805. The van der Waals surface area contributed by atoms with Crippen LogP contribution in [-0.4, -0.2) is 34.2 Å². The second-order valence-electron chi connectivity index (χ2n) is 5.96. The molecule has 0 aliphatic carbocycles. The van der Waals surface area contributed by atoms with Gasteiger partial charge >= 0.3 is 6.03 Å². The van der Waals surface area contributed by atoms with Crippen molar-refractivity contribution in [2.75, 3.05) is 13.1 Å². The number of carbonyl (C=O) groups excluding carboxylic acids is 1. The minimum atomic E-state index is -0.0172. The Hall–Kier alpha value is -2.61. The van der Waals surface area contributed by atoms with Crippen molar-refractivity contribution >= 4 is 17.4 Å². The predicted octanol–water partition coefficient (Wildman–Crippen LogP) is 3.48. The lowest BCUT2D eigenvalue weighted by Crippen LogP contribution is -2.43. The molecule has 0 saturated carbocycles. The van der Waals surface area contributed by atoms with Crippen LogP contribution in [0.5, 0.6) is 0 Å². The lowest BCUT2D eigenvalue weighted by molar-refractivity contribution is 0.177. The summed E-state index contributed by atoms with van der Waals surface area (Å²) < 4.78 is 10.8. The van der Waals surface area contributed by atoms with Crippen LogP contribution in [0.2, 0.25) is 0 Å². The van der Waals surface area contributed by atoms with E-state index in [1.165, 1.54) is 0 Å². The Morgan fingerprint density at radius 1 is 1.32 bits per heavy atom. The van der Waals surface area contributed by atoms with E-state index >= 15 is 0 Å². The van der Waals surface area contributed by atoms with Crippen LogP contribution in [0.3, 0.4) is 0 Å². The highest BCUT2D eigenvalue weighted by atomic mass is 32.1. The van der Waals surface area contributed by atoms with Crippen LogP contribution in [0.25, 0.3) is 11.5 Å². The Labute approximate surface area is 148 Å². The molecule has 0 atom stereocenters. The van der Waals surface area contributed by atoms with Crippen LogP contribution < -0.4 is 5.32 Å². The normalized spacial score (nSPS) is 15.4. The van der Waals surface area contributed by atoms with E-state index in [1.54, 1.807) is 29.9 Å². The summed E-state index contributed by atoms with van der Waals surface area (Å²) in [6, 6.07) is 5.78. The standard InChI is InChI=1S/C17H18N4O3S/c22-17(18-10-14-2-1-9-25-14)21-6-3-12(4-7-21)15-19-20-16(24-15)13-5-8-23-11-13/h1-2,5,8-9,11-12H,3-4,6-7,10H2,(H,18,22). The number of likely N-dealkylation sites (tertiary alicyclic amines) is 1. The van der Waals surface area contributed by atoms with E-state index in [0.717, 1.165) is 23.3 Å². The van der Waals surface area contributed by atoms with Gasteiger partial charge in [0.15, 0.2) is 0 Å². The van der Waals surface area contributed by atoms with Gasteiger partial charge in [0.25, 0.3) is 5.89 Å². The number of rotatable bonds is 4. The Morgan fingerprint density at radius 3 is 2.92 bits per heavy atom. The van der Waals surface area contributed by atoms with E-state index in [1.807, 2.05) is 22.4 Å². The van der Waals surface area contributed by atoms with Crippen LogP contribution in [-0.2, 0) is 6.54 Å². The lowest BCUT2D eigenvalue weighted by Gasteiger charge is -2.30.